The molecular weight excluding hydrogens is 312 g/mol. The van der Waals surface area contributed by atoms with Crippen molar-refractivity contribution in [3.8, 4) is 0 Å². The minimum absolute atomic E-state index is 0.0716. The van der Waals surface area contributed by atoms with Crippen LogP contribution in [-0.4, -0.2) is 17.1 Å². The second kappa shape index (κ2) is 5.58. The molecule has 0 saturated heterocycles. The van der Waals surface area contributed by atoms with E-state index in [0.717, 1.165) is 34.4 Å². The standard InChI is InChI=1S/C21H26N2O2/c1-13(21-10-14-6-15(11-21)8-16(7-14)12-21)22-20(24)9-18-17-4-2-3-5-19(17)25-23-18/h2-5,13-16H,6-12H2,1H3,(H,22,24). The molecule has 4 saturated carbocycles. The van der Waals surface area contributed by atoms with Crippen LogP contribution in [-0.2, 0) is 11.2 Å². The van der Waals surface area contributed by atoms with Crippen LogP contribution in [0.2, 0.25) is 0 Å². The Morgan fingerprint density at radius 1 is 1.20 bits per heavy atom. The summed E-state index contributed by atoms with van der Waals surface area (Å²) in [6.45, 7) is 2.23. The second-order valence-electron chi connectivity index (χ2n) is 8.87. The molecule has 0 aliphatic heterocycles. The molecule has 4 nitrogen and oxygen atoms in total. The predicted octanol–water partition coefficient (Wildman–Crippen LogP) is 4.09. The minimum atomic E-state index is 0.0716. The van der Waals surface area contributed by atoms with Gasteiger partial charge >= 0.3 is 0 Å². The maximum Gasteiger partial charge on any atom is 0.226 e. The number of carbonyl (C=O) groups excluding carboxylic acids is 1. The number of amides is 1. The lowest BCUT2D eigenvalue weighted by atomic mass is 9.48. The van der Waals surface area contributed by atoms with Gasteiger partial charge in [0, 0.05) is 11.4 Å². The number of fused-ring (bicyclic) bond motifs is 1. The number of carbonyl (C=O) groups is 1. The summed E-state index contributed by atoms with van der Waals surface area (Å²) in [7, 11) is 0. The van der Waals surface area contributed by atoms with E-state index in [9.17, 15) is 4.79 Å². The first-order chi connectivity index (χ1) is 12.1. The summed E-state index contributed by atoms with van der Waals surface area (Å²) in [4.78, 5) is 12.7. The van der Waals surface area contributed by atoms with Crippen LogP contribution < -0.4 is 5.32 Å². The Balaban J connectivity index is 1.29. The lowest BCUT2D eigenvalue weighted by Crippen LogP contribution is -2.56. The van der Waals surface area contributed by atoms with E-state index in [1.807, 2.05) is 24.3 Å². The zero-order valence-electron chi connectivity index (χ0n) is 14.8. The zero-order chi connectivity index (χ0) is 17.0. The fourth-order valence-electron chi connectivity index (χ4n) is 6.37. The molecule has 1 aromatic carbocycles. The van der Waals surface area contributed by atoms with Gasteiger partial charge in [0.05, 0.1) is 6.42 Å². The molecule has 132 valence electrons. The number of nitrogens with one attached hydrogen (secondary N) is 1. The molecule has 1 amide bonds. The molecule has 4 aliphatic carbocycles. The molecule has 1 atom stereocenters. The van der Waals surface area contributed by atoms with Gasteiger partial charge in [0.1, 0.15) is 5.69 Å². The number of nitrogens with zero attached hydrogens (tertiary/aromatic N) is 1. The largest absolute Gasteiger partial charge is 0.356 e. The maximum absolute atomic E-state index is 12.7. The van der Waals surface area contributed by atoms with Crippen molar-refractivity contribution in [2.24, 2.45) is 23.2 Å². The van der Waals surface area contributed by atoms with Gasteiger partial charge in [0.15, 0.2) is 5.58 Å². The topological polar surface area (TPSA) is 55.1 Å². The molecule has 4 aliphatic rings. The first-order valence-corrected chi connectivity index (χ1v) is 9.74. The summed E-state index contributed by atoms with van der Waals surface area (Å²) in [6, 6.07) is 8.00. The highest BCUT2D eigenvalue weighted by Gasteiger charge is 2.53. The monoisotopic (exact) mass is 338 g/mol. The molecule has 1 N–H and O–H groups in total. The third-order valence-electron chi connectivity index (χ3n) is 7.16. The van der Waals surface area contributed by atoms with Gasteiger partial charge in [-0.3, -0.25) is 4.79 Å². The Morgan fingerprint density at radius 3 is 2.52 bits per heavy atom. The van der Waals surface area contributed by atoms with Crippen LogP contribution in [0.25, 0.3) is 11.0 Å². The SMILES string of the molecule is CC(NC(=O)Cc1noc2ccccc12)C12CC3CC(CC(C3)C1)C2. The Bertz CT molecular complexity index is 774. The summed E-state index contributed by atoms with van der Waals surface area (Å²) in [5.74, 6) is 2.79. The average molecular weight is 338 g/mol. The molecule has 1 aromatic heterocycles. The van der Waals surface area contributed by atoms with Gasteiger partial charge in [0.25, 0.3) is 0 Å². The molecule has 4 fully saturated rings. The summed E-state index contributed by atoms with van der Waals surface area (Å²) in [5.41, 5.74) is 1.83. The van der Waals surface area contributed by atoms with E-state index in [1.54, 1.807) is 0 Å². The van der Waals surface area contributed by atoms with E-state index >= 15 is 0 Å². The third-order valence-corrected chi connectivity index (χ3v) is 7.16. The van der Waals surface area contributed by atoms with E-state index in [0.29, 0.717) is 11.8 Å². The van der Waals surface area contributed by atoms with Crippen molar-refractivity contribution >= 4 is 16.9 Å². The highest BCUT2D eigenvalue weighted by Crippen LogP contribution is 2.61. The first kappa shape index (κ1) is 15.4. The number of rotatable bonds is 4. The van der Waals surface area contributed by atoms with Crippen molar-refractivity contribution in [2.45, 2.75) is 57.9 Å². The van der Waals surface area contributed by atoms with E-state index in [4.69, 9.17) is 4.52 Å². The van der Waals surface area contributed by atoms with Crippen LogP contribution >= 0.6 is 0 Å². The fraction of sp³-hybridized carbons (Fsp3) is 0.619. The molecule has 4 heteroatoms. The average Bonchev–Trinajstić information content (AvgIpc) is 2.96. The van der Waals surface area contributed by atoms with Crippen molar-refractivity contribution in [1.82, 2.24) is 10.5 Å². The third kappa shape index (κ3) is 2.57. The number of benzene rings is 1. The highest BCUT2D eigenvalue weighted by atomic mass is 16.5. The number of aromatic nitrogens is 1. The predicted molar refractivity (Wildman–Crippen MR) is 95.9 cm³/mol. The van der Waals surface area contributed by atoms with E-state index in [2.05, 4.69) is 17.4 Å². The van der Waals surface area contributed by atoms with Crippen LogP contribution in [0, 0.1) is 23.2 Å². The van der Waals surface area contributed by atoms with Crippen LogP contribution in [0.5, 0.6) is 0 Å². The second-order valence-corrected chi connectivity index (χ2v) is 8.87. The van der Waals surface area contributed by atoms with Crippen LogP contribution in [0.4, 0.5) is 0 Å². The molecule has 4 bridgehead atoms. The summed E-state index contributed by atoms with van der Waals surface area (Å²) in [6.07, 6.45) is 8.54. The van der Waals surface area contributed by atoms with Gasteiger partial charge in [-0.1, -0.05) is 17.3 Å². The zero-order valence-corrected chi connectivity index (χ0v) is 14.8. The number of hydrogen-bond donors (Lipinski definition) is 1. The summed E-state index contributed by atoms with van der Waals surface area (Å²) >= 11 is 0. The van der Waals surface area contributed by atoms with Crippen molar-refractivity contribution in [3.05, 3.63) is 30.0 Å². The van der Waals surface area contributed by atoms with Crippen LogP contribution in [0.1, 0.15) is 51.1 Å². The van der Waals surface area contributed by atoms with Crippen LogP contribution in [0.3, 0.4) is 0 Å². The molecular formula is C21H26N2O2. The molecule has 6 rings (SSSR count). The van der Waals surface area contributed by atoms with Gasteiger partial charge in [-0.05, 0) is 80.8 Å². The Morgan fingerprint density at radius 2 is 1.84 bits per heavy atom. The van der Waals surface area contributed by atoms with Gasteiger partial charge in [-0.2, -0.15) is 0 Å². The van der Waals surface area contributed by atoms with E-state index < -0.39 is 0 Å². The first-order valence-electron chi connectivity index (χ1n) is 9.74. The molecule has 0 spiro atoms. The normalized spacial score (nSPS) is 34.4. The van der Waals surface area contributed by atoms with E-state index in [1.165, 1.54) is 38.5 Å². The van der Waals surface area contributed by atoms with Gasteiger partial charge in [-0.15, -0.1) is 0 Å². The number of hydrogen-bond acceptors (Lipinski definition) is 3. The Hall–Kier alpha value is -1.84. The van der Waals surface area contributed by atoms with Gasteiger partial charge in [0.2, 0.25) is 5.91 Å². The van der Waals surface area contributed by atoms with Crippen LogP contribution in [0.15, 0.2) is 28.8 Å². The lowest BCUT2D eigenvalue weighted by Gasteiger charge is -2.59. The fourth-order valence-corrected chi connectivity index (χ4v) is 6.37. The quantitative estimate of drug-likeness (QED) is 0.913. The Labute approximate surface area is 148 Å². The number of para-hydroxylation sites is 1. The Kier molecular flexibility index (Phi) is 3.44. The van der Waals surface area contributed by atoms with Gasteiger partial charge in [-0.25, -0.2) is 0 Å². The minimum Gasteiger partial charge on any atom is -0.356 e. The lowest BCUT2D eigenvalue weighted by molar-refractivity contribution is -0.125. The molecule has 2 aromatic rings. The van der Waals surface area contributed by atoms with Crippen molar-refractivity contribution in [1.29, 1.82) is 0 Å². The smallest absolute Gasteiger partial charge is 0.226 e. The summed E-state index contributed by atoms with van der Waals surface area (Å²) in [5, 5.41) is 8.36. The molecule has 25 heavy (non-hydrogen) atoms. The van der Waals surface area contributed by atoms with E-state index in [-0.39, 0.29) is 11.9 Å². The van der Waals surface area contributed by atoms with Crippen molar-refractivity contribution in [2.75, 3.05) is 0 Å². The highest BCUT2D eigenvalue weighted by molar-refractivity contribution is 5.86. The summed E-state index contributed by atoms with van der Waals surface area (Å²) < 4.78 is 5.33. The van der Waals surface area contributed by atoms with Crippen molar-refractivity contribution < 1.29 is 9.32 Å². The molecule has 1 heterocycles. The molecule has 0 radical (unpaired) electrons. The molecule has 1 unspecified atom stereocenters. The van der Waals surface area contributed by atoms with Gasteiger partial charge < -0.3 is 9.84 Å². The van der Waals surface area contributed by atoms with Crippen molar-refractivity contribution in [3.63, 3.8) is 0 Å². The maximum atomic E-state index is 12.7.